The molecule has 0 saturated carbocycles. The minimum absolute atomic E-state index is 0.153. The normalized spacial score (nSPS) is 12.9. The van der Waals surface area contributed by atoms with Crippen LogP contribution < -0.4 is 0 Å². The highest BCUT2D eigenvalue weighted by Gasteiger charge is 2.20. The smallest absolute Gasteiger partial charge is 0.310 e. The van der Waals surface area contributed by atoms with Crippen LogP contribution in [0.2, 0.25) is 0 Å². The van der Waals surface area contributed by atoms with E-state index in [-0.39, 0.29) is 11.3 Å². The van der Waals surface area contributed by atoms with E-state index in [2.05, 4.69) is 4.98 Å². The van der Waals surface area contributed by atoms with E-state index < -0.39 is 11.9 Å². The van der Waals surface area contributed by atoms with Gasteiger partial charge in [0, 0.05) is 5.56 Å². The number of phenolic OH excluding ortho intramolecular Hbond substituents is 1. The summed E-state index contributed by atoms with van der Waals surface area (Å²) in [5.74, 6) is -1.93. The van der Waals surface area contributed by atoms with Crippen molar-refractivity contribution < 1.29 is 19.4 Å². The van der Waals surface area contributed by atoms with Gasteiger partial charge in [0.2, 0.25) is 0 Å². The number of aromatic hydroxyl groups is 1. The second kappa shape index (κ2) is 3.27. The van der Waals surface area contributed by atoms with Crippen molar-refractivity contribution in [3.8, 4) is 5.75 Å². The molecular formula is C10H9NO4. The number of fused-ring (bicyclic) bond motifs is 1. The largest absolute Gasteiger partial charge is 0.504 e. The van der Waals surface area contributed by atoms with Gasteiger partial charge < -0.3 is 14.6 Å². The van der Waals surface area contributed by atoms with Crippen LogP contribution in [-0.4, -0.2) is 21.2 Å². The van der Waals surface area contributed by atoms with Gasteiger partial charge in [-0.15, -0.1) is 0 Å². The van der Waals surface area contributed by atoms with Crippen LogP contribution in [0.4, 0.5) is 0 Å². The molecule has 5 nitrogen and oxygen atoms in total. The van der Waals surface area contributed by atoms with E-state index in [0.29, 0.717) is 11.1 Å². The third-order valence-electron chi connectivity index (χ3n) is 2.34. The van der Waals surface area contributed by atoms with Gasteiger partial charge in [0.05, 0.1) is 5.92 Å². The van der Waals surface area contributed by atoms with Crippen LogP contribution >= 0.6 is 0 Å². The summed E-state index contributed by atoms with van der Waals surface area (Å²) < 4.78 is 4.97. The van der Waals surface area contributed by atoms with Crippen LogP contribution in [0.5, 0.6) is 5.75 Å². The molecule has 2 aromatic rings. The Morgan fingerprint density at radius 3 is 2.93 bits per heavy atom. The fraction of sp³-hybridized carbons (Fsp3) is 0.200. The molecular weight excluding hydrogens is 198 g/mol. The number of benzene rings is 1. The molecule has 0 aliphatic heterocycles. The molecule has 1 heterocycles. The van der Waals surface area contributed by atoms with Gasteiger partial charge in [-0.2, -0.15) is 0 Å². The lowest BCUT2D eigenvalue weighted by molar-refractivity contribution is -0.138. The van der Waals surface area contributed by atoms with E-state index in [1.54, 1.807) is 12.1 Å². The molecule has 0 radical (unpaired) electrons. The van der Waals surface area contributed by atoms with Crippen LogP contribution in [0.25, 0.3) is 11.1 Å². The molecule has 5 heteroatoms. The maximum Gasteiger partial charge on any atom is 0.310 e. The summed E-state index contributed by atoms with van der Waals surface area (Å²) in [6, 6.07) is 3.16. The molecule has 2 N–H and O–H groups in total. The van der Waals surface area contributed by atoms with Gasteiger partial charge in [0.15, 0.2) is 17.7 Å². The van der Waals surface area contributed by atoms with Crippen LogP contribution in [0.15, 0.2) is 22.9 Å². The summed E-state index contributed by atoms with van der Waals surface area (Å²) in [4.78, 5) is 14.6. The zero-order valence-corrected chi connectivity index (χ0v) is 7.97. The maximum absolute atomic E-state index is 10.8. The second-order valence-corrected chi connectivity index (χ2v) is 3.26. The molecule has 0 aliphatic rings. The maximum atomic E-state index is 10.8. The highest BCUT2D eigenvalue weighted by Crippen LogP contribution is 2.32. The van der Waals surface area contributed by atoms with E-state index in [0.717, 1.165) is 0 Å². The molecule has 0 spiro atoms. The average Bonchev–Trinajstić information content (AvgIpc) is 2.66. The van der Waals surface area contributed by atoms with Crippen molar-refractivity contribution in [1.29, 1.82) is 0 Å². The molecule has 15 heavy (non-hydrogen) atoms. The van der Waals surface area contributed by atoms with Crippen LogP contribution in [0.3, 0.4) is 0 Å². The molecule has 78 valence electrons. The number of carbonyl (C=O) groups is 1. The van der Waals surface area contributed by atoms with Crippen LogP contribution in [0.1, 0.15) is 18.4 Å². The fourth-order valence-electron chi connectivity index (χ4n) is 1.41. The van der Waals surface area contributed by atoms with Gasteiger partial charge in [-0.25, -0.2) is 4.98 Å². The van der Waals surface area contributed by atoms with Crippen molar-refractivity contribution >= 4 is 17.1 Å². The van der Waals surface area contributed by atoms with Crippen molar-refractivity contribution in [2.75, 3.05) is 0 Å². The third kappa shape index (κ3) is 1.41. The van der Waals surface area contributed by atoms with Gasteiger partial charge in [-0.1, -0.05) is 6.07 Å². The number of hydrogen-bond acceptors (Lipinski definition) is 4. The van der Waals surface area contributed by atoms with Crippen molar-refractivity contribution in [2.24, 2.45) is 0 Å². The predicted molar refractivity (Wildman–Crippen MR) is 51.7 cm³/mol. The predicted octanol–water partition coefficient (Wildman–Crippen LogP) is 1.72. The summed E-state index contributed by atoms with van der Waals surface area (Å²) in [6.07, 6.45) is 1.21. The number of carboxylic acids is 1. The Bertz CT molecular complexity index is 517. The Balaban J connectivity index is 2.62. The first-order valence-corrected chi connectivity index (χ1v) is 4.39. The highest BCUT2D eigenvalue weighted by molar-refractivity contribution is 5.84. The van der Waals surface area contributed by atoms with E-state index in [1.807, 2.05) is 0 Å². The van der Waals surface area contributed by atoms with Crippen molar-refractivity contribution in [1.82, 2.24) is 4.98 Å². The second-order valence-electron chi connectivity index (χ2n) is 3.26. The van der Waals surface area contributed by atoms with Crippen LogP contribution in [-0.2, 0) is 4.79 Å². The standard InChI is InChI=1S/C10H9NO4/c1-5(10(13)14)6-2-3-7-9(8(6)12)15-4-11-7/h2-5,12H,1H3,(H,13,14). The van der Waals surface area contributed by atoms with Crippen LogP contribution in [0, 0.1) is 0 Å². The quantitative estimate of drug-likeness (QED) is 0.783. The third-order valence-corrected chi connectivity index (χ3v) is 2.34. The van der Waals surface area contributed by atoms with Gasteiger partial charge in [0.25, 0.3) is 0 Å². The average molecular weight is 207 g/mol. The lowest BCUT2D eigenvalue weighted by Crippen LogP contribution is -2.07. The molecule has 2 rings (SSSR count). The Kier molecular flexibility index (Phi) is 2.07. The molecule has 0 bridgehead atoms. The first-order chi connectivity index (χ1) is 7.11. The summed E-state index contributed by atoms with van der Waals surface area (Å²) in [5.41, 5.74) is 1.06. The molecule has 1 aromatic carbocycles. The monoisotopic (exact) mass is 207 g/mol. The van der Waals surface area contributed by atoms with E-state index >= 15 is 0 Å². The first kappa shape index (κ1) is 9.51. The lowest BCUT2D eigenvalue weighted by atomic mass is 10.00. The molecule has 1 aromatic heterocycles. The van der Waals surface area contributed by atoms with Gasteiger partial charge in [-0.3, -0.25) is 4.79 Å². The first-order valence-electron chi connectivity index (χ1n) is 4.39. The Morgan fingerprint density at radius 2 is 2.27 bits per heavy atom. The fourth-order valence-corrected chi connectivity index (χ4v) is 1.41. The number of oxazole rings is 1. The Hall–Kier alpha value is -2.04. The highest BCUT2D eigenvalue weighted by atomic mass is 16.4. The van der Waals surface area contributed by atoms with E-state index in [9.17, 15) is 9.90 Å². The molecule has 0 amide bonds. The van der Waals surface area contributed by atoms with Crippen molar-refractivity contribution in [3.63, 3.8) is 0 Å². The van der Waals surface area contributed by atoms with Crippen molar-refractivity contribution in [2.45, 2.75) is 12.8 Å². The molecule has 0 saturated heterocycles. The topological polar surface area (TPSA) is 83.6 Å². The summed E-state index contributed by atoms with van der Waals surface area (Å²) in [6.45, 7) is 1.50. The molecule has 0 aliphatic carbocycles. The van der Waals surface area contributed by atoms with E-state index in [1.165, 1.54) is 13.3 Å². The Labute approximate surface area is 85.0 Å². The molecule has 1 unspecified atom stereocenters. The Morgan fingerprint density at radius 1 is 1.53 bits per heavy atom. The van der Waals surface area contributed by atoms with Gasteiger partial charge in [0.1, 0.15) is 5.52 Å². The number of aromatic nitrogens is 1. The number of carboxylic acid groups (broad SMARTS) is 1. The minimum atomic E-state index is -0.996. The number of aliphatic carboxylic acids is 1. The van der Waals surface area contributed by atoms with Gasteiger partial charge in [-0.05, 0) is 13.0 Å². The molecule has 0 fully saturated rings. The number of nitrogens with zero attached hydrogens (tertiary/aromatic N) is 1. The van der Waals surface area contributed by atoms with Gasteiger partial charge >= 0.3 is 5.97 Å². The van der Waals surface area contributed by atoms with E-state index in [4.69, 9.17) is 9.52 Å². The zero-order chi connectivity index (χ0) is 11.0. The number of phenols is 1. The number of hydrogen-bond donors (Lipinski definition) is 2. The summed E-state index contributed by atoms with van der Waals surface area (Å²) in [7, 11) is 0. The van der Waals surface area contributed by atoms with Crippen molar-refractivity contribution in [3.05, 3.63) is 24.1 Å². The minimum Gasteiger partial charge on any atom is -0.504 e. The summed E-state index contributed by atoms with van der Waals surface area (Å²) >= 11 is 0. The molecule has 1 atom stereocenters. The lowest BCUT2D eigenvalue weighted by Gasteiger charge is -2.08. The zero-order valence-electron chi connectivity index (χ0n) is 7.97. The summed E-state index contributed by atoms with van der Waals surface area (Å²) in [5, 5.41) is 18.6. The number of rotatable bonds is 2. The SMILES string of the molecule is CC(C(=O)O)c1ccc2ncoc2c1O.